The molecule has 0 radical (unpaired) electrons. The Kier molecular flexibility index (Phi) is 7.18. The molecule has 1 aromatic heterocycles. The van der Waals surface area contributed by atoms with Crippen LogP contribution in [0.1, 0.15) is 52.7 Å². The minimum Gasteiger partial charge on any atom is -0.366 e. The zero-order chi connectivity index (χ0) is 27.6. The molecule has 0 unspecified atom stereocenters. The van der Waals surface area contributed by atoms with Gasteiger partial charge in [-0.25, -0.2) is 4.68 Å². The number of aromatic nitrogens is 2. The van der Waals surface area contributed by atoms with Crippen molar-refractivity contribution >= 4 is 17.5 Å². The highest BCUT2D eigenvalue weighted by molar-refractivity contribution is 6.16. The number of carbonyl (C=O) groups excluding carboxylic acids is 2. The van der Waals surface area contributed by atoms with E-state index in [-0.39, 0.29) is 27.7 Å². The van der Waals surface area contributed by atoms with Crippen LogP contribution in [0.5, 0.6) is 0 Å². The number of hydrogen-bond donors (Lipinski definition) is 2. The van der Waals surface area contributed by atoms with Crippen molar-refractivity contribution in [2.24, 2.45) is 18.2 Å². The van der Waals surface area contributed by atoms with Gasteiger partial charge < -0.3 is 11.1 Å². The quantitative estimate of drug-likeness (QED) is 0.327. The molecule has 0 aliphatic rings. The fourth-order valence-corrected chi connectivity index (χ4v) is 4.17. The molecule has 4 aromatic rings. The summed E-state index contributed by atoms with van der Waals surface area (Å²) in [6.45, 7) is 7.80. The molecule has 0 spiro atoms. The van der Waals surface area contributed by atoms with Crippen LogP contribution in [-0.4, -0.2) is 21.6 Å². The van der Waals surface area contributed by atoms with Crippen LogP contribution in [0.4, 0.5) is 10.1 Å². The maximum atomic E-state index is 15.0. The molecule has 192 valence electrons. The van der Waals surface area contributed by atoms with Crippen LogP contribution in [0, 0.1) is 30.1 Å². The summed E-state index contributed by atoms with van der Waals surface area (Å²) in [5.74, 6) is 4.40. The number of benzene rings is 3. The number of primary amides is 1. The molecule has 0 atom stereocenters. The molecule has 7 heteroatoms. The number of aryl methyl sites for hydroxylation is 2. The molecule has 0 saturated heterocycles. The largest absolute Gasteiger partial charge is 0.366 e. The van der Waals surface area contributed by atoms with E-state index in [1.54, 1.807) is 31.2 Å². The molecule has 3 N–H and O–H groups in total. The summed E-state index contributed by atoms with van der Waals surface area (Å²) in [4.78, 5) is 26.0. The standard InChI is InChI=1S/C31H29FN4O2/c1-19-26(28(32)36(5)35-19)23-10-8-11-24(29(33)37)27(23)30(38)34-25-12-7-6-9-22(25)21-15-13-20(14-16-21)17-18-31(2,3)4/h6-16H,1-5H3,(H2,33,37)(H,34,38). The smallest absolute Gasteiger partial charge is 0.257 e. The molecule has 0 saturated carbocycles. The molecule has 38 heavy (non-hydrogen) atoms. The Labute approximate surface area is 221 Å². The van der Waals surface area contributed by atoms with Crippen LogP contribution >= 0.6 is 0 Å². The summed E-state index contributed by atoms with van der Waals surface area (Å²) in [7, 11) is 1.47. The zero-order valence-corrected chi connectivity index (χ0v) is 22.0. The lowest BCUT2D eigenvalue weighted by Gasteiger charge is -2.16. The van der Waals surface area contributed by atoms with Gasteiger partial charge in [-0.05, 0) is 57.5 Å². The maximum absolute atomic E-state index is 15.0. The lowest BCUT2D eigenvalue weighted by atomic mass is 9.94. The number of hydrogen-bond acceptors (Lipinski definition) is 3. The Morgan fingerprint density at radius 3 is 2.24 bits per heavy atom. The van der Waals surface area contributed by atoms with E-state index in [1.165, 1.54) is 13.1 Å². The highest BCUT2D eigenvalue weighted by Crippen LogP contribution is 2.33. The third-order valence-corrected chi connectivity index (χ3v) is 5.93. The second-order valence-electron chi connectivity index (χ2n) is 10.0. The Hall–Kier alpha value is -4.70. The van der Waals surface area contributed by atoms with Crippen molar-refractivity contribution in [3.05, 3.63) is 95.1 Å². The highest BCUT2D eigenvalue weighted by atomic mass is 19.1. The van der Waals surface area contributed by atoms with E-state index in [0.29, 0.717) is 11.4 Å². The van der Waals surface area contributed by atoms with E-state index in [2.05, 4.69) is 43.0 Å². The molecule has 4 rings (SSSR count). The number of nitrogens with two attached hydrogens (primary N) is 1. The van der Waals surface area contributed by atoms with Gasteiger partial charge in [0.2, 0.25) is 11.9 Å². The minimum absolute atomic E-state index is 0.0121. The van der Waals surface area contributed by atoms with Crippen LogP contribution in [0.15, 0.2) is 66.7 Å². The van der Waals surface area contributed by atoms with Gasteiger partial charge in [-0.2, -0.15) is 9.49 Å². The Morgan fingerprint density at radius 1 is 0.974 bits per heavy atom. The predicted octanol–water partition coefficient (Wildman–Crippen LogP) is 5.95. The minimum atomic E-state index is -0.792. The number of carbonyl (C=O) groups is 2. The molecule has 1 heterocycles. The van der Waals surface area contributed by atoms with Crippen molar-refractivity contribution < 1.29 is 14.0 Å². The summed E-state index contributed by atoms with van der Waals surface area (Å²) in [5, 5.41) is 7.03. The predicted molar refractivity (Wildman–Crippen MR) is 148 cm³/mol. The SMILES string of the molecule is Cc1nn(C)c(F)c1-c1cccc(C(N)=O)c1C(=O)Nc1ccccc1-c1ccc(C#CC(C)(C)C)cc1. The first-order valence-corrected chi connectivity index (χ1v) is 12.1. The van der Waals surface area contributed by atoms with E-state index >= 15 is 0 Å². The van der Waals surface area contributed by atoms with Gasteiger partial charge in [-0.1, -0.05) is 54.3 Å². The monoisotopic (exact) mass is 508 g/mol. The van der Waals surface area contributed by atoms with E-state index in [9.17, 15) is 14.0 Å². The molecule has 6 nitrogen and oxygen atoms in total. The Bertz CT molecular complexity index is 1600. The Balaban J connectivity index is 1.75. The maximum Gasteiger partial charge on any atom is 0.257 e. The molecular weight excluding hydrogens is 479 g/mol. The second-order valence-corrected chi connectivity index (χ2v) is 10.0. The molecule has 0 bridgehead atoms. The third-order valence-electron chi connectivity index (χ3n) is 5.93. The molecule has 0 fully saturated rings. The van der Waals surface area contributed by atoms with Gasteiger partial charge in [0.15, 0.2) is 0 Å². The highest BCUT2D eigenvalue weighted by Gasteiger charge is 2.26. The van der Waals surface area contributed by atoms with Gasteiger partial charge in [-0.15, -0.1) is 0 Å². The van der Waals surface area contributed by atoms with Gasteiger partial charge in [0, 0.05) is 34.8 Å². The van der Waals surface area contributed by atoms with E-state index in [4.69, 9.17) is 5.73 Å². The molecular formula is C31H29FN4O2. The molecule has 3 aromatic carbocycles. The van der Waals surface area contributed by atoms with Gasteiger partial charge in [0.25, 0.3) is 5.91 Å². The van der Waals surface area contributed by atoms with Crippen LogP contribution in [0.2, 0.25) is 0 Å². The lowest BCUT2D eigenvalue weighted by Crippen LogP contribution is -2.22. The summed E-state index contributed by atoms with van der Waals surface area (Å²) < 4.78 is 16.1. The van der Waals surface area contributed by atoms with Crippen molar-refractivity contribution in [3.63, 3.8) is 0 Å². The van der Waals surface area contributed by atoms with Gasteiger partial charge >= 0.3 is 0 Å². The lowest BCUT2D eigenvalue weighted by molar-refractivity contribution is 0.0977. The second kappa shape index (κ2) is 10.3. The number of para-hydroxylation sites is 1. The molecule has 2 amide bonds. The van der Waals surface area contributed by atoms with Crippen LogP contribution in [-0.2, 0) is 7.05 Å². The topological polar surface area (TPSA) is 90.0 Å². The average Bonchev–Trinajstić information content (AvgIpc) is 3.13. The van der Waals surface area contributed by atoms with Crippen molar-refractivity contribution in [2.75, 3.05) is 5.32 Å². The zero-order valence-electron chi connectivity index (χ0n) is 22.0. The summed E-state index contributed by atoms with van der Waals surface area (Å²) in [6, 6.07) is 19.7. The fraction of sp³-hybridized carbons (Fsp3) is 0.194. The third kappa shape index (κ3) is 5.50. The molecule has 0 aliphatic heterocycles. The summed E-state index contributed by atoms with van der Waals surface area (Å²) in [5.41, 5.74) is 9.31. The normalized spacial score (nSPS) is 11.0. The van der Waals surface area contributed by atoms with Gasteiger partial charge in [-0.3, -0.25) is 9.59 Å². The first-order valence-electron chi connectivity index (χ1n) is 12.1. The Morgan fingerprint density at radius 2 is 1.63 bits per heavy atom. The first kappa shape index (κ1) is 26.4. The van der Waals surface area contributed by atoms with Crippen molar-refractivity contribution in [1.29, 1.82) is 0 Å². The summed E-state index contributed by atoms with van der Waals surface area (Å²) >= 11 is 0. The average molecular weight is 509 g/mol. The fourth-order valence-electron chi connectivity index (χ4n) is 4.17. The number of anilines is 1. The van der Waals surface area contributed by atoms with Crippen molar-refractivity contribution in [2.45, 2.75) is 27.7 Å². The van der Waals surface area contributed by atoms with E-state index < -0.39 is 17.8 Å². The molecule has 0 aliphatic carbocycles. The van der Waals surface area contributed by atoms with Crippen LogP contribution < -0.4 is 11.1 Å². The number of rotatable bonds is 5. The number of nitrogens with zero attached hydrogens (tertiary/aromatic N) is 2. The van der Waals surface area contributed by atoms with Crippen molar-refractivity contribution in [3.8, 4) is 34.1 Å². The van der Waals surface area contributed by atoms with Crippen LogP contribution in [0.25, 0.3) is 22.3 Å². The first-order chi connectivity index (χ1) is 18.0. The van der Waals surface area contributed by atoms with Crippen LogP contribution in [0.3, 0.4) is 0 Å². The van der Waals surface area contributed by atoms with Gasteiger partial charge in [0.05, 0.1) is 22.4 Å². The summed E-state index contributed by atoms with van der Waals surface area (Å²) in [6.07, 6.45) is 0. The number of amides is 2. The van der Waals surface area contributed by atoms with E-state index in [1.807, 2.05) is 36.4 Å². The number of nitrogens with one attached hydrogen (secondary N) is 1. The number of halogens is 1. The van der Waals surface area contributed by atoms with Crippen molar-refractivity contribution in [1.82, 2.24) is 9.78 Å². The van der Waals surface area contributed by atoms with E-state index in [0.717, 1.165) is 21.4 Å². The van der Waals surface area contributed by atoms with Gasteiger partial charge in [0.1, 0.15) is 0 Å².